The number of hydrogen-bond acceptors (Lipinski definition) is 7. The molecule has 2 aromatic carbocycles. The van der Waals surface area contributed by atoms with Gasteiger partial charge in [0.1, 0.15) is 11.5 Å². The summed E-state index contributed by atoms with van der Waals surface area (Å²) in [6, 6.07) is 12.2. The van der Waals surface area contributed by atoms with Crippen LogP contribution in [0.4, 0.5) is 5.69 Å². The Labute approximate surface area is 241 Å². The number of amides is 1. The van der Waals surface area contributed by atoms with Crippen LogP contribution in [-0.4, -0.2) is 79.0 Å². The van der Waals surface area contributed by atoms with Crippen molar-refractivity contribution in [3.8, 4) is 17.2 Å². The Morgan fingerprint density at radius 2 is 1.93 bits per heavy atom. The van der Waals surface area contributed by atoms with E-state index in [-0.39, 0.29) is 29.0 Å². The van der Waals surface area contributed by atoms with Gasteiger partial charge < -0.3 is 19.7 Å². The number of sulfonamides is 1. The summed E-state index contributed by atoms with van der Waals surface area (Å²) < 4.78 is 39.6. The van der Waals surface area contributed by atoms with Gasteiger partial charge in [-0.15, -0.1) is 0 Å². The zero-order chi connectivity index (χ0) is 29.1. The van der Waals surface area contributed by atoms with E-state index in [4.69, 9.17) is 9.47 Å². The molecular weight excluding hydrogens is 542 g/mol. The third kappa shape index (κ3) is 4.46. The highest BCUT2D eigenvalue weighted by atomic mass is 32.2. The highest BCUT2D eigenvalue weighted by Crippen LogP contribution is 2.54. The van der Waals surface area contributed by atoms with Gasteiger partial charge in [0.25, 0.3) is 5.91 Å². The summed E-state index contributed by atoms with van der Waals surface area (Å²) in [6.45, 7) is 9.96. The van der Waals surface area contributed by atoms with Gasteiger partial charge in [-0.1, -0.05) is 19.9 Å². The van der Waals surface area contributed by atoms with Gasteiger partial charge in [-0.05, 0) is 49.7 Å². The topological polar surface area (TPSA) is 106 Å². The highest BCUT2D eigenvalue weighted by molar-refractivity contribution is 7.89. The molecule has 0 spiro atoms. The molecule has 0 bridgehead atoms. The zero-order valence-electron chi connectivity index (χ0n) is 24.2. The van der Waals surface area contributed by atoms with Gasteiger partial charge in [0, 0.05) is 43.2 Å². The Kier molecular flexibility index (Phi) is 6.77. The van der Waals surface area contributed by atoms with Crippen LogP contribution >= 0.6 is 0 Å². The Bertz CT molecular complexity index is 1590. The van der Waals surface area contributed by atoms with E-state index in [0.29, 0.717) is 38.3 Å². The maximum Gasteiger partial charge on any atom is 0.257 e. The van der Waals surface area contributed by atoms with Crippen molar-refractivity contribution in [3.63, 3.8) is 0 Å². The molecule has 0 aliphatic carbocycles. The smallest absolute Gasteiger partial charge is 0.257 e. The molecule has 1 amide bonds. The van der Waals surface area contributed by atoms with Crippen LogP contribution in [0.3, 0.4) is 0 Å². The summed E-state index contributed by atoms with van der Waals surface area (Å²) in [5.41, 5.74) is 5.19. The number of hydrogen-bond donors (Lipinski definition) is 1. The van der Waals surface area contributed by atoms with Gasteiger partial charge in [-0.3, -0.25) is 4.79 Å². The standard InChI is InChI=1S/C30H37N5O5S/c1-6-41(37,38)34-14-12-33(13-15-34)29(36)21-17-31-35(19(21)2)20-10-11-24-22(16-20)30(3,4)23-18-40-26-9-7-8-25(39-5)27(26)28(23)32-24/h7-11,16-17,23,28,32H,6,12-15,18H2,1-5H3/t23-,28-/m1/s1. The van der Waals surface area contributed by atoms with Crippen molar-refractivity contribution in [2.24, 2.45) is 5.92 Å². The Hall–Kier alpha value is -3.57. The van der Waals surface area contributed by atoms with Crippen molar-refractivity contribution >= 4 is 21.6 Å². The molecule has 1 N–H and O–H groups in total. The largest absolute Gasteiger partial charge is 0.496 e. The number of benzene rings is 2. The van der Waals surface area contributed by atoms with E-state index in [1.54, 1.807) is 25.1 Å². The lowest BCUT2D eigenvalue weighted by molar-refractivity contribution is 0.0697. The summed E-state index contributed by atoms with van der Waals surface area (Å²) in [5.74, 6) is 1.78. The number of nitrogens with zero attached hydrogens (tertiary/aromatic N) is 4. The first-order valence-corrected chi connectivity index (χ1v) is 15.7. The monoisotopic (exact) mass is 579 g/mol. The average molecular weight is 580 g/mol. The second kappa shape index (κ2) is 10.1. The van der Waals surface area contributed by atoms with Gasteiger partial charge in [0.2, 0.25) is 10.0 Å². The fourth-order valence-electron chi connectivity index (χ4n) is 6.50. The second-order valence-electron chi connectivity index (χ2n) is 11.5. The van der Waals surface area contributed by atoms with E-state index in [9.17, 15) is 13.2 Å². The van der Waals surface area contributed by atoms with E-state index in [1.807, 2.05) is 35.9 Å². The number of methoxy groups -OCH3 is 1. The predicted octanol–water partition coefficient (Wildman–Crippen LogP) is 3.75. The second-order valence-corrected chi connectivity index (χ2v) is 13.8. The molecule has 4 heterocycles. The third-order valence-corrected chi connectivity index (χ3v) is 11.0. The quantitative estimate of drug-likeness (QED) is 0.491. The van der Waals surface area contributed by atoms with Crippen LogP contribution in [0.5, 0.6) is 11.5 Å². The first-order chi connectivity index (χ1) is 19.6. The minimum atomic E-state index is -3.26. The molecule has 3 aliphatic rings. The Balaban J connectivity index is 1.27. The lowest BCUT2D eigenvalue weighted by Crippen LogP contribution is -2.50. The number of anilines is 1. The third-order valence-electron chi connectivity index (χ3n) is 9.08. The zero-order valence-corrected chi connectivity index (χ0v) is 25.0. The number of nitrogens with one attached hydrogen (secondary N) is 1. The SMILES string of the molecule is CCS(=O)(=O)N1CCN(C(=O)c2cnn(-c3ccc4c(c3)C(C)(C)[C@@H]3COc5cccc(OC)c5[C@@H]3N4)c2C)CC1. The van der Waals surface area contributed by atoms with Gasteiger partial charge in [-0.2, -0.15) is 9.40 Å². The number of aromatic nitrogens is 2. The molecule has 3 aromatic rings. The first-order valence-electron chi connectivity index (χ1n) is 14.1. The molecule has 41 heavy (non-hydrogen) atoms. The number of piperazine rings is 1. The molecule has 6 rings (SSSR count). The van der Waals surface area contributed by atoms with Crippen molar-refractivity contribution in [1.82, 2.24) is 19.0 Å². The maximum atomic E-state index is 13.4. The highest BCUT2D eigenvalue weighted by Gasteiger charge is 2.47. The summed E-state index contributed by atoms with van der Waals surface area (Å²) >= 11 is 0. The van der Waals surface area contributed by atoms with Crippen molar-refractivity contribution in [3.05, 3.63) is 65.0 Å². The number of ether oxygens (including phenoxy) is 2. The number of carbonyl (C=O) groups is 1. The average Bonchev–Trinajstić information content (AvgIpc) is 3.37. The van der Waals surface area contributed by atoms with Crippen LogP contribution in [0, 0.1) is 12.8 Å². The van der Waals surface area contributed by atoms with E-state index in [2.05, 4.69) is 36.4 Å². The van der Waals surface area contributed by atoms with Gasteiger partial charge in [-0.25, -0.2) is 13.1 Å². The first kappa shape index (κ1) is 27.6. The van der Waals surface area contributed by atoms with E-state index < -0.39 is 10.0 Å². The molecule has 218 valence electrons. The van der Waals surface area contributed by atoms with Gasteiger partial charge in [0.05, 0.1) is 54.2 Å². The summed E-state index contributed by atoms with van der Waals surface area (Å²) in [5, 5.41) is 8.37. The molecular formula is C30H37N5O5S. The summed E-state index contributed by atoms with van der Waals surface area (Å²) in [6.07, 6.45) is 1.61. The lowest BCUT2D eigenvalue weighted by atomic mass is 9.65. The van der Waals surface area contributed by atoms with Crippen LogP contribution in [0.2, 0.25) is 0 Å². The molecule has 1 aromatic heterocycles. The molecule has 1 saturated heterocycles. The Morgan fingerprint density at radius 1 is 1.17 bits per heavy atom. The molecule has 1 fully saturated rings. The molecule has 0 saturated carbocycles. The van der Waals surface area contributed by atoms with E-state index >= 15 is 0 Å². The van der Waals surface area contributed by atoms with Crippen molar-refractivity contribution in [2.45, 2.75) is 39.2 Å². The fraction of sp³-hybridized carbons (Fsp3) is 0.467. The van der Waals surface area contributed by atoms with Crippen molar-refractivity contribution in [2.75, 3.05) is 51.0 Å². The number of carbonyl (C=O) groups excluding carboxylic acids is 1. The molecule has 0 radical (unpaired) electrons. The van der Waals surface area contributed by atoms with Crippen LogP contribution < -0.4 is 14.8 Å². The fourth-order valence-corrected chi connectivity index (χ4v) is 7.59. The molecule has 0 unspecified atom stereocenters. The Morgan fingerprint density at radius 3 is 2.63 bits per heavy atom. The molecule has 10 nitrogen and oxygen atoms in total. The minimum absolute atomic E-state index is 0.0479. The predicted molar refractivity (Wildman–Crippen MR) is 157 cm³/mol. The van der Waals surface area contributed by atoms with Gasteiger partial charge >= 0.3 is 0 Å². The van der Waals surface area contributed by atoms with Crippen molar-refractivity contribution in [1.29, 1.82) is 0 Å². The van der Waals surface area contributed by atoms with Crippen molar-refractivity contribution < 1.29 is 22.7 Å². The molecule has 3 aliphatic heterocycles. The van der Waals surface area contributed by atoms with Gasteiger partial charge in [0.15, 0.2) is 0 Å². The minimum Gasteiger partial charge on any atom is -0.496 e. The maximum absolute atomic E-state index is 13.4. The van der Waals surface area contributed by atoms with Crippen LogP contribution in [0.25, 0.3) is 5.69 Å². The normalized spacial score (nSPS) is 21.6. The molecule has 11 heteroatoms. The summed E-state index contributed by atoms with van der Waals surface area (Å²) in [7, 11) is -1.57. The van der Waals surface area contributed by atoms with E-state index in [0.717, 1.165) is 39.7 Å². The summed E-state index contributed by atoms with van der Waals surface area (Å²) in [4.78, 5) is 15.1. The number of fused-ring (bicyclic) bond motifs is 4. The lowest BCUT2D eigenvalue weighted by Gasteiger charge is -2.48. The van der Waals surface area contributed by atoms with Crippen LogP contribution in [-0.2, 0) is 15.4 Å². The molecule has 2 atom stereocenters. The van der Waals surface area contributed by atoms with Crippen LogP contribution in [0.1, 0.15) is 54.0 Å². The van der Waals surface area contributed by atoms with Crippen LogP contribution in [0.15, 0.2) is 42.6 Å². The van der Waals surface area contributed by atoms with E-state index in [1.165, 1.54) is 4.31 Å². The number of rotatable bonds is 5.